The molecule has 2 heteroatoms. The van der Waals surface area contributed by atoms with Crippen molar-refractivity contribution in [2.45, 2.75) is 17.9 Å². The number of hydrogen-bond acceptors (Lipinski definition) is 1. The number of fused-ring (bicyclic) bond motifs is 3. The van der Waals surface area contributed by atoms with Gasteiger partial charge in [-0.15, -0.1) is 0 Å². The van der Waals surface area contributed by atoms with Gasteiger partial charge in [-0.3, -0.25) is 0 Å². The van der Waals surface area contributed by atoms with Gasteiger partial charge in [0.15, 0.2) is 0 Å². The zero-order chi connectivity index (χ0) is 19.2. The Balaban J connectivity index is 1.91. The Morgan fingerprint density at radius 1 is 0.750 bits per heavy atom. The Morgan fingerprint density at radius 3 is 1.96 bits per heavy atom. The molecule has 0 bridgehead atoms. The zero-order valence-electron chi connectivity index (χ0n) is 15.6. The van der Waals surface area contributed by atoms with Crippen molar-refractivity contribution in [3.63, 3.8) is 0 Å². The van der Waals surface area contributed by atoms with Crippen LogP contribution in [0.2, 0.25) is 0 Å². The van der Waals surface area contributed by atoms with Gasteiger partial charge in [0.25, 0.3) is 0 Å². The zero-order valence-corrected chi connectivity index (χ0v) is 17.8. The van der Waals surface area contributed by atoms with Crippen molar-refractivity contribution in [3.05, 3.63) is 117 Å². The smallest absolute Gasteiger partial charge is 0.104 e. The van der Waals surface area contributed by atoms with E-state index in [1.807, 2.05) is 13.0 Å². The van der Waals surface area contributed by atoms with Crippen molar-refractivity contribution >= 4 is 24.7 Å². The number of hydrogen-bond donors (Lipinski definition) is 1. The van der Waals surface area contributed by atoms with E-state index in [-0.39, 0.29) is 26.1 Å². The first kappa shape index (κ1) is 17.8. The van der Waals surface area contributed by atoms with Crippen molar-refractivity contribution < 1.29 is 5.11 Å². The van der Waals surface area contributed by atoms with Crippen LogP contribution in [-0.4, -0.2) is 14.7 Å². The maximum absolute atomic E-state index is 10.6. The summed E-state index contributed by atoms with van der Waals surface area (Å²) in [6.07, 6.45) is 4.09. The highest BCUT2D eigenvalue weighted by Crippen LogP contribution is 2.57. The molecule has 3 aromatic carbocycles. The molecule has 2 aliphatic rings. The van der Waals surface area contributed by atoms with Crippen LogP contribution >= 0.6 is 20.7 Å². The van der Waals surface area contributed by atoms with E-state index >= 15 is 0 Å². The third-order valence-corrected chi connectivity index (χ3v) is 8.31. The Labute approximate surface area is 175 Å². The summed E-state index contributed by atoms with van der Waals surface area (Å²) in [5.74, 6) is 0. The van der Waals surface area contributed by atoms with Gasteiger partial charge >= 0.3 is 0 Å². The molecule has 1 unspecified atom stereocenters. The van der Waals surface area contributed by atoms with E-state index in [2.05, 4.69) is 93.0 Å². The summed E-state index contributed by atoms with van der Waals surface area (Å²) in [6.45, 7) is 1.87. The standard InChI is InChI=1S/C26H21IO/c1-25(28)16-15-20(17-27-18-25)26(19-9-3-2-4-10-19)23-13-7-5-11-21(23)22-12-6-8-14-24(22)26/h2-18,28H,1H3. The minimum atomic E-state index is -0.846. The fraction of sp³-hybridized carbons (Fsp3) is 0.115. The molecule has 0 aromatic heterocycles. The number of halogens is 1. The molecular weight excluding hydrogens is 455 g/mol. The Bertz CT molecular complexity index is 1090. The highest BCUT2D eigenvalue weighted by molar-refractivity contribution is 14.2. The Morgan fingerprint density at radius 2 is 1.32 bits per heavy atom. The normalized spacial score (nSPS) is 21.9. The lowest BCUT2D eigenvalue weighted by Gasteiger charge is -2.34. The van der Waals surface area contributed by atoms with Gasteiger partial charge in [-0.25, -0.2) is 0 Å². The Hall–Kier alpha value is -2.30. The summed E-state index contributed by atoms with van der Waals surface area (Å²) in [7, 11) is 0. The van der Waals surface area contributed by atoms with Crippen LogP contribution in [0.3, 0.4) is 0 Å². The summed E-state index contributed by atoms with van der Waals surface area (Å²) in [6, 6.07) is 28.3. The number of aliphatic hydroxyl groups is 1. The molecule has 1 aliphatic heterocycles. The predicted molar refractivity (Wildman–Crippen MR) is 126 cm³/mol. The van der Waals surface area contributed by atoms with Crippen molar-refractivity contribution in [1.82, 2.24) is 0 Å². The summed E-state index contributed by atoms with van der Waals surface area (Å²) >= 11 is -0.366. The van der Waals surface area contributed by atoms with Crippen LogP contribution in [0.15, 0.2) is 101 Å². The number of benzene rings is 3. The van der Waals surface area contributed by atoms with Crippen molar-refractivity contribution in [1.29, 1.82) is 0 Å². The summed E-state index contributed by atoms with van der Waals surface area (Å²) in [4.78, 5) is 0. The number of rotatable bonds is 2. The van der Waals surface area contributed by atoms with Gasteiger partial charge in [0, 0.05) is 0 Å². The second kappa shape index (κ2) is 6.64. The lowest BCUT2D eigenvalue weighted by molar-refractivity contribution is 0.192. The van der Waals surface area contributed by atoms with Gasteiger partial charge < -0.3 is 5.11 Å². The number of allylic oxidation sites excluding steroid dienone is 2. The summed E-state index contributed by atoms with van der Waals surface area (Å²) in [5.41, 5.74) is 6.59. The maximum atomic E-state index is 10.6. The van der Waals surface area contributed by atoms with Crippen molar-refractivity contribution in [3.8, 4) is 11.1 Å². The first-order valence-electron chi connectivity index (χ1n) is 9.46. The van der Waals surface area contributed by atoms with E-state index in [4.69, 9.17) is 0 Å². The lowest BCUT2D eigenvalue weighted by Crippen LogP contribution is -2.29. The molecule has 0 radical (unpaired) electrons. The largest absolute Gasteiger partial charge is 0.381 e. The molecule has 0 spiro atoms. The first-order valence-corrected chi connectivity index (χ1v) is 12.0. The van der Waals surface area contributed by atoms with Crippen LogP contribution in [0.4, 0.5) is 0 Å². The molecule has 138 valence electrons. The highest BCUT2D eigenvalue weighted by Gasteiger charge is 2.46. The summed E-state index contributed by atoms with van der Waals surface area (Å²) in [5, 5.41) is 10.6. The monoisotopic (exact) mass is 476 g/mol. The molecular formula is C26H21IO. The van der Waals surface area contributed by atoms with Crippen LogP contribution < -0.4 is 0 Å². The van der Waals surface area contributed by atoms with Crippen LogP contribution in [0.1, 0.15) is 23.6 Å². The highest BCUT2D eigenvalue weighted by atomic mass is 127. The molecule has 1 atom stereocenters. The van der Waals surface area contributed by atoms with Crippen LogP contribution in [-0.2, 0) is 5.41 Å². The molecule has 1 heterocycles. The molecule has 1 aliphatic carbocycles. The second-order valence-electron chi connectivity index (χ2n) is 7.57. The topological polar surface area (TPSA) is 20.2 Å². The van der Waals surface area contributed by atoms with Gasteiger partial charge in [-0.05, 0) is 54.5 Å². The quantitative estimate of drug-likeness (QED) is 0.452. The minimum absolute atomic E-state index is 0.348. The second-order valence-corrected chi connectivity index (χ2v) is 9.53. The van der Waals surface area contributed by atoms with Gasteiger partial charge in [0.2, 0.25) is 0 Å². The fourth-order valence-electron chi connectivity index (χ4n) is 4.48. The molecule has 1 nitrogen and oxygen atoms in total. The SMILES string of the molecule is CC1(O)C=CC(C2(c3ccccc3)c3ccccc3-c3ccccc32)=CI=C1. The van der Waals surface area contributed by atoms with Gasteiger partial charge in [0.05, 0.1) is 5.41 Å². The maximum Gasteiger partial charge on any atom is 0.104 e. The Kier molecular flexibility index (Phi) is 4.22. The van der Waals surface area contributed by atoms with Crippen LogP contribution in [0.5, 0.6) is 0 Å². The van der Waals surface area contributed by atoms with E-state index in [0.29, 0.717) is 0 Å². The third-order valence-electron chi connectivity index (χ3n) is 5.66. The summed E-state index contributed by atoms with van der Waals surface area (Å²) < 4.78 is 4.45. The van der Waals surface area contributed by atoms with Crippen LogP contribution in [0.25, 0.3) is 11.1 Å². The molecule has 3 aromatic rings. The van der Waals surface area contributed by atoms with E-state index in [0.717, 1.165) is 0 Å². The van der Waals surface area contributed by atoms with Gasteiger partial charge in [-0.1, -0.05) is 106 Å². The van der Waals surface area contributed by atoms with E-state index in [1.165, 1.54) is 33.4 Å². The molecule has 0 saturated heterocycles. The molecule has 28 heavy (non-hydrogen) atoms. The molecule has 0 amide bonds. The van der Waals surface area contributed by atoms with Crippen molar-refractivity contribution in [2.24, 2.45) is 0 Å². The molecule has 5 rings (SSSR count). The average Bonchev–Trinajstić information content (AvgIpc) is 2.90. The van der Waals surface area contributed by atoms with E-state index in [9.17, 15) is 5.11 Å². The third kappa shape index (κ3) is 2.59. The first-order chi connectivity index (χ1) is 13.6. The fourth-order valence-corrected chi connectivity index (χ4v) is 6.65. The molecule has 0 saturated carbocycles. The molecule has 1 N–H and O–H groups in total. The van der Waals surface area contributed by atoms with E-state index < -0.39 is 5.60 Å². The van der Waals surface area contributed by atoms with Gasteiger partial charge in [-0.2, -0.15) is 0 Å². The lowest BCUT2D eigenvalue weighted by atomic mass is 9.67. The van der Waals surface area contributed by atoms with Gasteiger partial charge in [0.1, 0.15) is 5.60 Å². The van der Waals surface area contributed by atoms with Crippen LogP contribution in [0, 0.1) is 0 Å². The predicted octanol–water partition coefficient (Wildman–Crippen LogP) is 5.98. The minimum Gasteiger partial charge on any atom is -0.381 e. The van der Waals surface area contributed by atoms with E-state index in [1.54, 1.807) is 0 Å². The van der Waals surface area contributed by atoms with Crippen molar-refractivity contribution in [2.75, 3.05) is 0 Å². The molecule has 0 fully saturated rings. The average molecular weight is 476 g/mol.